The Labute approximate surface area is 121 Å². The first-order valence-electron chi connectivity index (χ1n) is 4.15. The van der Waals surface area contributed by atoms with E-state index in [0.717, 1.165) is 22.6 Å². The average Bonchev–Trinajstić information content (AvgIpc) is 2.12. The monoisotopic (exact) mass is 396 g/mol. The maximum Gasteiger partial charge on any atom is 0.321 e. The molecule has 0 fully saturated rings. The Hall–Kier alpha value is 0.420. The summed E-state index contributed by atoms with van der Waals surface area (Å²) >= 11 is 18.4. The van der Waals surface area contributed by atoms with Gasteiger partial charge in [0.25, 0.3) is 0 Å². The second kappa shape index (κ2) is 5.38. The Bertz CT molecular complexity index is 415. The first-order valence-corrected chi connectivity index (χ1v) is 6.37. The minimum atomic E-state index is -2.98. The first kappa shape index (κ1) is 14.5. The fraction of sp³-hybridized carbons (Fsp3) is 0.200. The molecule has 88 valence electrons. The minimum Gasteiger partial charge on any atom is -0.189 e. The van der Waals surface area contributed by atoms with Crippen molar-refractivity contribution in [1.29, 1.82) is 0 Å². The summed E-state index contributed by atoms with van der Waals surface area (Å²) in [6, 6.07) is 2.75. The summed E-state index contributed by atoms with van der Waals surface area (Å²) in [6.45, 7) is 1.53. The number of alkyl halides is 3. The molecule has 0 amide bonds. The van der Waals surface area contributed by atoms with Crippen LogP contribution in [0, 0.1) is 0 Å². The van der Waals surface area contributed by atoms with Crippen molar-refractivity contribution in [2.45, 2.75) is 10.9 Å². The van der Waals surface area contributed by atoms with Gasteiger partial charge in [0.15, 0.2) is 0 Å². The Kier molecular flexibility index (Phi) is 4.87. The highest BCUT2D eigenvalue weighted by Gasteiger charge is 2.31. The van der Waals surface area contributed by atoms with E-state index in [1.807, 2.05) is 0 Å². The van der Waals surface area contributed by atoms with Crippen molar-refractivity contribution in [2.75, 3.05) is 0 Å². The Morgan fingerprint density at radius 2 is 1.69 bits per heavy atom. The molecule has 0 heterocycles. The van der Waals surface area contributed by atoms with E-state index in [1.165, 1.54) is 25.1 Å². The zero-order valence-corrected chi connectivity index (χ0v) is 12.4. The lowest BCUT2D eigenvalue weighted by Crippen LogP contribution is -2.08. The largest absolute Gasteiger partial charge is 0.321 e. The molecular formula is C10H6Cl3F2I. The molecule has 0 aromatic heterocycles. The second-order valence-corrected chi connectivity index (χ2v) is 5.50. The van der Waals surface area contributed by atoms with Crippen LogP contribution in [0.1, 0.15) is 12.5 Å². The fourth-order valence-corrected chi connectivity index (χ4v) is 2.42. The van der Waals surface area contributed by atoms with Crippen LogP contribution in [0.25, 0.3) is 5.57 Å². The molecule has 0 saturated heterocycles. The molecule has 1 rings (SSSR count). The summed E-state index contributed by atoms with van der Waals surface area (Å²) in [4.78, 5) is 0. The number of benzene rings is 1. The molecule has 0 unspecified atom stereocenters. The molecule has 0 spiro atoms. The smallest absolute Gasteiger partial charge is 0.189 e. The molecule has 0 bridgehead atoms. The van der Waals surface area contributed by atoms with Crippen LogP contribution in [0.5, 0.6) is 0 Å². The van der Waals surface area contributed by atoms with Crippen molar-refractivity contribution in [3.8, 4) is 0 Å². The molecule has 16 heavy (non-hydrogen) atoms. The van der Waals surface area contributed by atoms with Crippen molar-refractivity contribution in [3.05, 3.63) is 38.8 Å². The number of rotatable bonds is 2. The molecule has 0 radical (unpaired) electrons. The Morgan fingerprint density at radius 3 is 2.00 bits per heavy atom. The summed E-state index contributed by atoms with van der Waals surface area (Å²) in [5.41, 5.74) is 0.120. The molecular weight excluding hydrogens is 391 g/mol. The standard InChI is InChI=1S/C10H6Cl3F2I/c1-2-6(10(14,15)16)5-3-7(11)9(13)8(12)4-5/h2-4H,1H3/b6-2-. The second-order valence-electron chi connectivity index (χ2n) is 2.95. The van der Waals surface area contributed by atoms with Gasteiger partial charge in [-0.25, -0.2) is 0 Å². The topological polar surface area (TPSA) is 0 Å². The van der Waals surface area contributed by atoms with Crippen molar-refractivity contribution >= 4 is 63.0 Å². The van der Waals surface area contributed by atoms with Gasteiger partial charge in [0.05, 0.1) is 15.1 Å². The van der Waals surface area contributed by atoms with Gasteiger partial charge in [-0.15, -0.1) is 0 Å². The van der Waals surface area contributed by atoms with Gasteiger partial charge in [-0.05, 0) is 24.6 Å². The number of hydrogen-bond donors (Lipinski definition) is 0. The van der Waals surface area contributed by atoms with Crippen LogP contribution in [0.4, 0.5) is 8.78 Å². The van der Waals surface area contributed by atoms with E-state index in [1.54, 1.807) is 0 Å². The summed E-state index contributed by atoms with van der Waals surface area (Å²) in [7, 11) is 0. The Morgan fingerprint density at radius 1 is 1.25 bits per heavy atom. The van der Waals surface area contributed by atoms with E-state index < -0.39 is 3.93 Å². The maximum atomic E-state index is 13.2. The van der Waals surface area contributed by atoms with E-state index in [-0.39, 0.29) is 26.2 Å². The van der Waals surface area contributed by atoms with Gasteiger partial charge in [-0.2, -0.15) is 8.78 Å². The number of allylic oxidation sites excluding steroid dienone is 2. The highest BCUT2D eigenvalue weighted by molar-refractivity contribution is 14.1. The lowest BCUT2D eigenvalue weighted by Gasteiger charge is -2.14. The molecule has 0 nitrogen and oxygen atoms in total. The predicted molar refractivity (Wildman–Crippen MR) is 74.1 cm³/mol. The third-order valence-electron chi connectivity index (χ3n) is 1.89. The summed E-state index contributed by atoms with van der Waals surface area (Å²) in [6.07, 6.45) is 1.32. The minimum absolute atomic E-state index is 0.145. The van der Waals surface area contributed by atoms with Crippen LogP contribution >= 0.6 is 57.4 Å². The van der Waals surface area contributed by atoms with Crippen molar-refractivity contribution in [2.24, 2.45) is 0 Å². The van der Waals surface area contributed by atoms with Gasteiger partial charge in [-0.3, -0.25) is 0 Å². The SMILES string of the molecule is C/C=C(/c1cc(Cl)c(Cl)c(Cl)c1)C(F)(F)I. The first-order chi connectivity index (χ1) is 7.27. The summed E-state index contributed by atoms with van der Waals surface area (Å²) in [5.74, 6) is 0. The maximum absolute atomic E-state index is 13.2. The van der Waals surface area contributed by atoms with Crippen molar-refractivity contribution in [1.82, 2.24) is 0 Å². The van der Waals surface area contributed by atoms with Gasteiger partial charge in [0, 0.05) is 28.2 Å². The van der Waals surface area contributed by atoms with E-state index in [4.69, 9.17) is 34.8 Å². The molecule has 0 saturated carbocycles. The van der Waals surface area contributed by atoms with Gasteiger partial charge < -0.3 is 0 Å². The summed E-state index contributed by atoms with van der Waals surface area (Å²) < 4.78 is 23.5. The highest BCUT2D eigenvalue weighted by Crippen LogP contribution is 2.41. The van der Waals surface area contributed by atoms with Crippen LogP contribution in [0.15, 0.2) is 18.2 Å². The molecule has 6 heteroatoms. The zero-order chi connectivity index (χ0) is 12.5. The molecule has 0 aliphatic carbocycles. The van der Waals surface area contributed by atoms with Gasteiger partial charge in [0.2, 0.25) is 0 Å². The quantitative estimate of drug-likeness (QED) is 0.322. The van der Waals surface area contributed by atoms with Gasteiger partial charge >= 0.3 is 3.93 Å². The van der Waals surface area contributed by atoms with Crippen LogP contribution in [-0.4, -0.2) is 3.93 Å². The van der Waals surface area contributed by atoms with E-state index in [0.29, 0.717) is 0 Å². The normalized spacial score (nSPS) is 13.1. The summed E-state index contributed by atoms with van der Waals surface area (Å²) in [5, 5.41) is 0.479. The molecule has 1 aromatic rings. The molecule has 0 aliphatic heterocycles. The lowest BCUT2D eigenvalue weighted by atomic mass is 10.1. The van der Waals surface area contributed by atoms with E-state index in [2.05, 4.69) is 0 Å². The van der Waals surface area contributed by atoms with Crippen LogP contribution in [-0.2, 0) is 0 Å². The fourth-order valence-electron chi connectivity index (χ4n) is 1.21. The lowest BCUT2D eigenvalue weighted by molar-refractivity contribution is 0.194. The van der Waals surface area contributed by atoms with Gasteiger partial charge in [0.1, 0.15) is 0 Å². The third-order valence-corrected chi connectivity index (χ3v) is 3.67. The highest BCUT2D eigenvalue weighted by atomic mass is 127. The Balaban J connectivity index is 3.35. The molecule has 0 N–H and O–H groups in total. The van der Waals surface area contributed by atoms with Crippen LogP contribution in [0.2, 0.25) is 15.1 Å². The van der Waals surface area contributed by atoms with Crippen LogP contribution < -0.4 is 0 Å². The third kappa shape index (κ3) is 3.22. The van der Waals surface area contributed by atoms with E-state index >= 15 is 0 Å². The molecule has 0 atom stereocenters. The average molecular weight is 397 g/mol. The molecule has 1 aromatic carbocycles. The zero-order valence-electron chi connectivity index (χ0n) is 8.00. The van der Waals surface area contributed by atoms with E-state index in [9.17, 15) is 8.78 Å². The van der Waals surface area contributed by atoms with Crippen molar-refractivity contribution in [3.63, 3.8) is 0 Å². The molecule has 0 aliphatic rings. The number of hydrogen-bond acceptors (Lipinski definition) is 0. The number of halogens is 6. The van der Waals surface area contributed by atoms with Crippen LogP contribution in [0.3, 0.4) is 0 Å². The predicted octanol–water partition coefficient (Wildman–Crippen LogP) is 6.08. The van der Waals surface area contributed by atoms with Gasteiger partial charge in [-0.1, -0.05) is 40.9 Å². The van der Waals surface area contributed by atoms with Crippen molar-refractivity contribution < 1.29 is 8.78 Å².